The molecule has 0 unspecified atom stereocenters. The number of rotatable bonds is 5. The number of hydrogen-bond donors (Lipinski definition) is 2. The molecule has 8 heteroatoms. The topological polar surface area (TPSA) is 89.7 Å². The van der Waals surface area contributed by atoms with E-state index in [1.54, 1.807) is 17.2 Å². The molecule has 2 N–H and O–H groups in total. The molecule has 3 aromatic rings. The summed E-state index contributed by atoms with van der Waals surface area (Å²) in [5.41, 5.74) is 0.303. The van der Waals surface area contributed by atoms with Gasteiger partial charge in [0.1, 0.15) is 11.9 Å². The molecule has 2 aromatic heterocycles. The number of piperidine rings is 1. The van der Waals surface area contributed by atoms with Crippen LogP contribution in [0.4, 0.5) is 0 Å². The van der Waals surface area contributed by atoms with E-state index in [2.05, 4.69) is 25.9 Å². The van der Waals surface area contributed by atoms with E-state index in [1.165, 1.54) is 0 Å². The minimum Gasteiger partial charge on any atom is -0.347 e. The highest BCUT2D eigenvalue weighted by molar-refractivity contribution is 5.84. The molecule has 8 nitrogen and oxygen atoms in total. The van der Waals surface area contributed by atoms with Crippen LogP contribution < -0.4 is 10.6 Å². The van der Waals surface area contributed by atoms with Gasteiger partial charge >= 0.3 is 0 Å². The smallest absolute Gasteiger partial charge is 0.248 e. The number of benzene rings is 1. The predicted molar refractivity (Wildman–Crippen MR) is 95.5 cm³/mol. The van der Waals surface area contributed by atoms with Crippen molar-refractivity contribution in [1.29, 1.82) is 0 Å². The summed E-state index contributed by atoms with van der Waals surface area (Å²) < 4.78 is 3.66. The molecule has 1 amide bonds. The summed E-state index contributed by atoms with van der Waals surface area (Å²) in [6, 6.07) is 11.7. The normalized spacial score (nSPS) is 16.3. The van der Waals surface area contributed by atoms with Gasteiger partial charge in [0.05, 0.1) is 6.54 Å². The van der Waals surface area contributed by atoms with Gasteiger partial charge in [-0.25, -0.2) is 0 Å². The second kappa shape index (κ2) is 7.09. The van der Waals surface area contributed by atoms with Gasteiger partial charge in [-0.1, -0.05) is 18.2 Å². The fourth-order valence-electron chi connectivity index (χ4n) is 3.43. The first kappa shape index (κ1) is 16.5. The van der Waals surface area contributed by atoms with Crippen molar-refractivity contribution in [3.05, 3.63) is 60.9 Å². The average molecular weight is 351 g/mol. The highest BCUT2D eigenvalue weighted by atomic mass is 16.2. The Kier molecular flexibility index (Phi) is 4.49. The first-order valence-electron chi connectivity index (χ1n) is 8.73. The number of para-hydroxylation sites is 1. The molecule has 1 saturated heterocycles. The highest BCUT2D eigenvalue weighted by Crippen LogP contribution is 2.27. The van der Waals surface area contributed by atoms with E-state index < -0.39 is 5.54 Å². The lowest BCUT2D eigenvalue weighted by Crippen LogP contribution is -2.54. The Morgan fingerprint density at radius 2 is 2.00 bits per heavy atom. The molecule has 0 aliphatic carbocycles. The van der Waals surface area contributed by atoms with Crippen LogP contribution >= 0.6 is 0 Å². The minimum atomic E-state index is -0.660. The monoisotopic (exact) mass is 351 g/mol. The molecule has 1 aliphatic heterocycles. The van der Waals surface area contributed by atoms with Crippen LogP contribution in [0.3, 0.4) is 0 Å². The SMILES string of the molecule is O=C(NCc1nncn1-c1ccccc1)C1(n2cccn2)CCNCC1. The largest absolute Gasteiger partial charge is 0.347 e. The van der Waals surface area contributed by atoms with Crippen molar-refractivity contribution >= 4 is 5.91 Å². The molecule has 1 aromatic carbocycles. The highest BCUT2D eigenvalue weighted by Gasteiger charge is 2.41. The lowest BCUT2D eigenvalue weighted by molar-refractivity contribution is -0.132. The van der Waals surface area contributed by atoms with Crippen LogP contribution in [0, 0.1) is 0 Å². The molecule has 0 bridgehead atoms. The molecule has 26 heavy (non-hydrogen) atoms. The van der Waals surface area contributed by atoms with Crippen LogP contribution in [0.15, 0.2) is 55.1 Å². The van der Waals surface area contributed by atoms with Crippen molar-refractivity contribution in [2.24, 2.45) is 0 Å². The summed E-state index contributed by atoms with van der Waals surface area (Å²) >= 11 is 0. The number of nitrogens with zero attached hydrogens (tertiary/aromatic N) is 5. The minimum absolute atomic E-state index is 0.0367. The fraction of sp³-hybridized carbons (Fsp3) is 0.333. The number of hydrogen-bond acceptors (Lipinski definition) is 5. The zero-order valence-corrected chi connectivity index (χ0v) is 14.4. The molecule has 134 valence electrons. The van der Waals surface area contributed by atoms with Crippen LogP contribution in [0.5, 0.6) is 0 Å². The van der Waals surface area contributed by atoms with Crippen molar-refractivity contribution in [3.63, 3.8) is 0 Å². The van der Waals surface area contributed by atoms with E-state index in [0.717, 1.165) is 18.8 Å². The van der Waals surface area contributed by atoms with Gasteiger partial charge in [0, 0.05) is 18.1 Å². The Labute approximate surface area is 151 Å². The molecule has 0 radical (unpaired) electrons. The molecule has 1 fully saturated rings. The second-order valence-electron chi connectivity index (χ2n) is 6.37. The lowest BCUT2D eigenvalue weighted by Gasteiger charge is -2.36. The number of carbonyl (C=O) groups is 1. The molecule has 0 atom stereocenters. The summed E-state index contributed by atoms with van der Waals surface area (Å²) in [6.45, 7) is 1.88. The maximum absolute atomic E-state index is 13.1. The van der Waals surface area contributed by atoms with E-state index >= 15 is 0 Å². The van der Waals surface area contributed by atoms with Crippen LogP contribution in [-0.4, -0.2) is 43.5 Å². The standard InChI is InChI=1S/C18H21N7O/c26-17(18(7-10-19-11-8-18)25-12-4-9-22-25)20-13-16-23-21-14-24(16)15-5-2-1-3-6-15/h1-6,9,12,14,19H,7-8,10-11,13H2,(H,20,26). The Hall–Kier alpha value is -3.00. The van der Waals surface area contributed by atoms with E-state index in [4.69, 9.17) is 0 Å². The van der Waals surface area contributed by atoms with Crippen molar-refractivity contribution in [2.75, 3.05) is 13.1 Å². The molecule has 0 spiro atoms. The molecular formula is C18H21N7O. The summed E-state index contributed by atoms with van der Waals surface area (Å²) in [4.78, 5) is 13.1. The fourth-order valence-corrected chi connectivity index (χ4v) is 3.43. The zero-order chi connectivity index (χ0) is 17.8. The first-order chi connectivity index (χ1) is 12.8. The summed E-state index contributed by atoms with van der Waals surface area (Å²) in [5.74, 6) is 0.652. The zero-order valence-electron chi connectivity index (χ0n) is 14.4. The molecule has 1 aliphatic rings. The first-order valence-corrected chi connectivity index (χ1v) is 8.73. The maximum Gasteiger partial charge on any atom is 0.248 e. The third kappa shape index (κ3) is 2.99. The number of aromatic nitrogens is 5. The van der Waals surface area contributed by atoms with Gasteiger partial charge in [0.15, 0.2) is 5.82 Å². The van der Waals surface area contributed by atoms with Crippen LogP contribution in [0.1, 0.15) is 18.7 Å². The molecule has 0 saturated carbocycles. The van der Waals surface area contributed by atoms with Gasteiger partial charge in [-0.05, 0) is 44.1 Å². The van der Waals surface area contributed by atoms with Crippen LogP contribution in [-0.2, 0) is 16.9 Å². The van der Waals surface area contributed by atoms with Gasteiger partial charge in [-0.2, -0.15) is 5.10 Å². The maximum atomic E-state index is 13.1. The Balaban J connectivity index is 1.53. The van der Waals surface area contributed by atoms with Crippen molar-refractivity contribution in [1.82, 2.24) is 35.2 Å². The van der Waals surface area contributed by atoms with E-state index in [9.17, 15) is 4.79 Å². The summed E-state index contributed by atoms with van der Waals surface area (Å²) in [5, 5.41) is 18.8. The van der Waals surface area contributed by atoms with Gasteiger partial charge in [-0.15, -0.1) is 10.2 Å². The Morgan fingerprint density at radius 3 is 2.73 bits per heavy atom. The quantitative estimate of drug-likeness (QED) is 0.712. The molecule has 4 rings (SSSR count). The molecule has 3 heterocycles. The van der Waals surface area contributed by atoms with Crippen molar-refractivity contribution in [2.45, 2.75) is 24.9 Å². The molecular weight excluding hydrogens is 330 g/mol. The third-order valence-corrected chi connectivity index (χ3v) is 4.86. The van der Waals surface area contributed by atoms with Crippen molar-refractivity contribution < 1.29 is 4.79 Å². The number of amides is 1. The van der Waals surface area contributed by atoms with Crippen LogP contribution in [0.2, 0.25) is 0 Å². The second-order valence-corrected chi connectivity index (χ2v) is 6.37. The van der Waals surface area contributed by atoms with Gasteiger partial charge in [0.2, 0.25) is 5.91 Å². The predicted octanol–water partition coefficient (Wildman–Crippen LogP) is 0.859. The lowest BCUT2D eigenvalue weighted by atomic mass is 9.87. The summed E-state index contributed by atoms with van der Waals surface area (Å²) in [6.07, 6.45) is 6.63. The van der Waals surface area contributed by atoms with E-state index in [1.807, 2.05) is 47.2 Å². The van der Waals surface area contributed by atoms with Gasteiger partial charge in [0.25, 0.3) is 0 Å². The van der Waals surface area contributed by atoms with Crippen molar-refractivity contribution in [3.8, 4) is 5.69 Å². The Morgan fingerprint density at radius 1 is 1.19 bits per heavy atom. The van der Waals surface area contributed by atoms with E-state index in [0.29, 0.717) is 25.2 Å². The van der Waals surface area contributed by atoms with Gasteiger partial charge < -0.3 is 10.6 Å². The van der Waals surface area contributed by atoms with Gasteiger partial charge in [-0.3, -0.25) is 14.0 Å². The van der Waals surface area contributed by atoms with E-state index in [-0.39, 0.29) is 5.91 Å². The number of carbonyl (C=O) groups excluding carboxylic acids is 1. The average Bonchev–Trinajstić information content (AvgIpc) is 3.39. The Bertz CT molecular complexity index is 851. The van der Waals surface area contributed by atoms with Crippen LogP contribution in [0.25, 0.3) is 5.69 Å². The number of nitrogens with one attached hydrogen (secondary N) is 2. The summed E-state index contributed by atoms with van der Waals surface area (Å²) in [7, 11) is 0. The third-order valence-electron chi connectivity index (χ3n) is 4.86.